The number of hydrogen-bond acceptors (Lipinski definition) is 1. The molecule has 3 N–H and O–H groups in total. The van der Waals surface area contributed by atoms with Crippen LogP contribution in [0.1, 0.15) is 42.4 Å². The molecule has 0 bridgehead atoms. The number of halogens is 3. The quantitative estimate of drug-likeness (QED) is 0.624. The van der Waals surface area contributed by atoms with E-state index in [2.05, 4.69) is 0 Å². The minimum absolute atomic E-state index is 0.0243. The van der Waals surface area contributed by atoms with Gasteiger partial charge in [-0.15, -0.1) is 0 Å². The fraction of sp³-hybridized carbons (Fsp3) is 0.500. The monoisotopic (exact) mass is 270 g/mol. The van der Waals surface area contributed by atoms with E-state index in [1.807, 2.05) is 0 Å². The third-order valence-corrected chi connectivity index (χ3v) is 3.93. The lowest BCUT2D eigenvalue weighted by atomic mass is 9.76. The number of rotatable bonds is 2. The van der Waals surface area contributed by atoms with Crippen molar-refractivity contribution >= 4 is 5.84 Å². The zero-order chi connectivity index (χ0) is 14.3. The highest BCUT2D eigenvalue weighted by Crippen LogP contribution is 2.43. The molecular weight excluding hydrogens is 253 g/mol. The first-order chi connectivity index (χ1) is 8.75. The van der Waals surface area contributed by atoms with Gasteiger partial charge in [0, 0.05) is 0 Å². The smallest absolute Gasteiger partial charge is 0.387 e. The van der Waals surface area contributed by atoms with Gasteiger partial charge in [0.25, 0.3) is 0 Å². The normalized spacial score (nSPS) is 18.5. The van der Waals surface area contributed by atoms with Crippen LogP contribution in [0, 0.1) is 12.3 Å². The summed E-state index contributed by atoms with van der Waals surface area (Å²) in [6, 6.07) is 4.01. The van der Waals surface area contributed by atoms with Crippen LogP contribution in [0.5, 0.6) is 0 Å². The number of hydrogen-bond donors (Lipinski definition) is 2. The first-order valence-corrected chi connectivity index (χ1v) is 6.29. The molecule has 104 valence electrons. The van der Waals surface area contributed by atoms with Gasteiger partial charge >= 0.3 is 6.18 Å². The highest BCUT2D eigenvalue weighted by atomic mass is 19.4. The SMILES string of the molecule is Cc1cc(C(F)(F)F)cc(C2(C(=N)N)CCCC2)c1. The van der Waals surface area contributed by atoms with Gasteiger partial charge in [0.2, 0.25) is 0 Å². The van der Waals surface area contributed by atoms with E-state index in [-0.39, 0.29) is 5.84 Å². The Hall–Kier alpha value is -1.52. The molecule has 1 saturated carbocycles. The zero-order valence-electron chi connectivity index (χ0n) is 10.8. The van der Waals surface area contributed by atoms with Gasteiger partial charge in [0.15, 0.2) is 0 Å². The minimum Gasteiger partial charge on any atom is -0.387 e. The van der Waals surface area contributed by atoms with Gasteiger partial charge in [0.1, 0.15) is 5.84 Å². The maximum Gasteiger partial charge on any atom is 0.416 e. The molecular formula is C14H17F3N2. The van der Waals surface area contributed by atoms with Gasteiger partial charge in [-0.05, 0) is 37.5 Å². The fourth-order valence-corrected chi connectivity index (χ4v) is 2.92. The van der Waals surface area contributed by atoms with E-state index in [1.165, 1.54) is 0 Å². The van der Waals surface area contributed by atoms with Crippen LogP contribution >= 0.6 is 0 Å². The molecule has 2 rings (SSSR count). The van der Waals surface area contributed by atoms with Crippen molar-refractivity contribution in [1.82, 2.24) is 0 Å². The van der Waals surface area contributed by atoms with Crippen LogP contribution in [-0.4, -0.2) is 5.84 Å². The predicted molar refractivity (Wildman–Crippen MR) is 68.2 cm³/mol. The van der Waals surface area contributed by atoms with E-state index in [0.29, 0.717) is 24.0 Å². The maximum absolute atomic E-state index is 12.9. The molecule has 5 heteroatoms. The molecule has 1 aliphatic carbocycles. The molecule has 1 aliphatic rings. The van der Waals surface area contributed by atoms with Crippen molar-refractivity contribution in [3.05, 3.63) is 34.9 Å². The van der Waals surface area contributed by atoms with Gasteiger partial charge in [-0.2, -0.15) is 13.2 Å². The van der Waals surface area contributed by atoms with E-state index in [9.17, 15) is 13.2 Å². The number of alkyl halides is 3. The fourth-order valence-electron chi connectivity index (χ4n) is 2.92. The van der Waals surface area contributed by atoms with Crippen molar-refractivity contribution in [2.75, 3.05) is 0 Å². The Balaban J connectivity index is 2.55. The molecule has 1 fully saturated rings. The minimum atomic E-state index is -4.36. The van der Waals surface area contributed by atoms with Crippen LogP contribution < -0.4 is 5.73 Å². The third-order valence-electron chi connectivity index (χ3n) is 3.93. The van der Waals surface area contributed by atoms with E-state index < -0.39 is 17.2 Å². The molecule has 0 unspecified atom stereocenters. The Labute approximate surface area is 110 Å². The lowest BCUT2D eigenvalue weighted by molar-refractivity contribution is -0.137. The molecule has 2 nitrogen and oxygen atoms in total. The Morgan fingerprint density at radius 2 is 1.79 bits per heavy atom. The van der Waals surface area contributed by atoms with Crippen molar-refractivity contribution in [3.63, 3.8) is 0 Å². The summed E-state index contributed by atoms with van der Waals surface area (Å²) >= 11 is 0. The first kappa shape index (κ1) is 13.9. The Kier molecular flexibility index (Phi) is 3.32. The van der Waals surface area contributed by atoms with Crippen LogP contribution in [0.15, 0.2) is 18.2 Å². The summed E-state index contributed by atoms with van der Waals surface area (Å²) < 4.78 is 38.6. The molecule has 1 aromatic carbocycles. The summed E-state index contributed by atoms with van der Waals surface area (Å²) in [5, 5.41) is 7.77. The molecule has 0 saturated heterocycles. The second-order valence-electron chi connectivity index (χ2n) is 5.29. The van der Waals surface area contributed by atoms with E-state index in [4.69, 9.17) is 11.1 Å². The average molecular weight is 270 g/mol. The van der Waals surface area contributed by atoms with Crippen molar-refractivity contribution in [3.8, 4) is 0 Å². The Bertz CT molecular complexity index is 500. The lowest BCUT2D eigenvalue weighted by Gasteiger charge is -2.29. The summed E-state index contributed by atoms with van der Waals surface area (Å²) in [7, 11) is 0. The summed E-state index contributed by atoms with van der Waals surface area (Å²) in [4.78, 5) is 0. The lowest BCUT2D eigenvalue weighted by Crippen LogP contribution is -2.38. The summed E-state index contributed by atoms with van der Waals surface area (Å²) in [5.41, 5.74) is 5.40. The number of nitrogens with two attached hydrogens (primary N) is 1. The molecule has 0 amide bonds. The molecule has 0 radical (unpaired) electrons. The molecule has 0 aliphatic heterocycles. The second kappa shape index (κ2) is 4.54. The van der Waals surface area contributed by atoms with Gasteiger partial charge in [-0.1, -0.05) is 24.5 Å². The highest BCUT2D eigenvalue weighted by Gasteiger charge is 2.40. The summed E-state index contributed by atoms with van der Waals surface area (Å²) in [5.74, 6) is -0.0243. The average Bonchev–Trinajstić information content (AvgIpc) is 2.77. The number of nitrogens with one attached hydrogen (secondary N) is 1. The molecule has 0 aromatic heterocycles. The number of amidine groups is 1. The van der Waals surface area contributed by atoms with Crippen LogP contribution in [-0.2, 0) is 11.6 Å². The van der Waals surface area contributed by atoms with Crippen LogP contribution in [0.4, 0.5) is 13.2 Å². The van der Waals surface area contributed by atoms with Crippen LogP contribution in [0.3, 0.4) is 0 Å². The van der Waals surface area contributed by atoms with Gasteiger partial charge in [-0.25, -0.2) is 0 Å². The standard InChI is InChI=1S/C14H17F3N2/c1-9-6-10(8-11(7-9)14(15,16)17)13(12(18)19)4-2-3-5-13/h6-8H,2-5H2,1H3,(H3,18,19). The van der Waals surface area contributed by atoms with Gasteiger partial charge < -0.3 is 5.73 Å². The second-order valence-corrected chi connectivity index (χ2v) is 5.29. The largest absolute Gasteiger partial charge is 0.416 e. The molecule has 1 aromatic rings. The predicted octanol–water partition coefficient (Wildman–Crippen LogP) is 3.76. The number of aryl methyl sites for hydroxylation is 1. The van der Waals surface area contributed by atoms with Crippen molar-refractivity contribution in [2.24, 2.45) is 5.73 Å². The first-order valence-electron chi connectivity index (χ1n) is 6.29. The van der Waals surface area contributed by atoms with E-state index >= 15 is 0 Å². The van der Waals surface area contributed by atoms with E-state index in [1.54, 1.807) is 13.0 Å². The Morgan fingerprint density at radius 1 is 1.21 bits per heavy atom. The summed E-state index contributed by atoms with van der Waals surface area (Å²) in [6.45, 7) is 1.64. The van der Waals surface area contributed by atoms with Crippen LogP contribution in [0.2, 0.25) is 0 Å². The molecule has 0 atom stereocenters. The molecule has 0 heterocycles. The van der Waals surface area contributed by atoms with Crippen molar-refractivity contribution in [2.45, 2.75) is 44.2 Å². The maximum atomic E-state index is 12.9. The third kappa shape index (κ3) is 2.46. The number of benzene rings is 1. The summed E-state index contributed by atoms with van der Waals surface area (Å²) in [6.07, 6.45) is -1.26. The van der Waals surface area contributed by atoms with Crippen LogP contribution in [0.25, 0.3) is 0 Å². The topological polar surface area (TPSA) is 49.9 Å². The molecule has 0 spiro atoms. The van der Waals surface area contributed by atoms with Gasteiger partial charge in [0.05, 0.1) is 11.0 Å². The van der Waals surface area contributed by atoms with Crippen molar-refractivity contribution in [1.29, 1.82) is 5.41 Å². The Morgan fingerprint density at radius 3 is 2.26 bits per heavy atom. The van der Waals surface area contributed by atoms with E-state index in [0.717, 1.165) is 25.0 Å². The molecule has 19 heavy (non-hydrogen) atoms. The highest BCUT2D eigenvalue weighted by molar-refractivity contribution is 5.89. The van der Waals surface area contributed by atoms with Crippen molar-refractivity contribution < 1.29 is 13.2 Å². The zero-order valence-corrected chi connectivity index (χ0v) is 10.8. The van der Waals surface area contributed by atoms with Gasteiger partial charge in [-0.3, -0.25) is 5.41 Å².